The number of aromatic nitrogens is 2. The maximum absolute atomic E-state index is 10.6. The summed E-state index contributed by atoms with van der Waals surface area (Å²) in [5.41, 5.74) is 0.00991. The SMILES string of the molecule is O=[N+]([O-])c1ccc(OCc2nnc(-c3ccc(Br)s3)o2)cc1. The lowest BCUT2D eigenvalue weighted by Crippen LogP contribution is -1.96. The molecule has 0 saturated carbocycles. The van der Waals surface area contributed by atoms with E-state index in [1.165, 1.54) is 35.6 Å². The molecule has 0 bridgehead atoms. The van der Waals surface area contributed by atoms with Crippen molar-refractivity contribution in [3.8, 4) is 16.5 Å². The zero-order chi connectivity index (χ0) is 15.5. The monoisotopic (exact) mass is 381 g/mol. The highest BCUT2D eigenvalue weighted by Crippen LogP contribution is 2.30. The van der Waals surface area contributed by atoms with Crippen LogP contribution >= 0.6 is 27.3 Å². The smallest absolute Gasteiger partial charge is 0.269 e. The lowest BCUT2D eigenvalue weighted by Gasteiger charge is -2.02. The topological polar surface area (TPSA) is 91.3 Å². The van der Waals surface area contributed by atoms with E-state index in [1.807, 2.05) is 12.1 Å². The molecule has 3 aromatic rings. The van der Waals surface area contributed by atoms with Crippen molar-refractivity contribution < 1.29 is 14.1 Å². The molecule has 0 saturated heterocycles. The number of halogens is 1. The highest BCUT2D eigenvalue weighted by Gasteiger charge is 2.11. The van der Waals surface area contributed by atoms with Crippen LogP contribution in [0.5, 0.6) is 5.75 Å². The molecule has 0 amide bonds. The van der Waals surface area contributed by atoms with Crippen LogP contribution < -0.4 is 4.74 Å². The maximum atomic E-state index is 10.6. The Kier molecular flexibility index (Phi) is 4.16. The van der Waals surface area contributed by atoms with E-state index in [4.69, 9.17) is 9.15 Å². The predicted octanol–water partition coefficient (Wildman–Crippen LogP) is 4.05. The van der Waals surface area contributed by atoms with Gasteiger partial charge in [0.2, 0.25) is 0 Å². The van der Waals surface area contributed by atoms with Gasteiger partial charge in [-0.1, -0.05) is 0 Å². The van der Waals surface area contributed by atoms with Crippen LogP contribution in [0.3, 0.4) is 0 Å². The van der Waals surface area contributed by atoms with Gasteiger partial charge in [0.15, 0.2) is 6.61 Å². The maximum Gasteiger partial charge on any atom is 0.269 e. The van der Waals surface area contributed by atoms with Crippen LogP contribution in [0.1, 0.15) is 5.89 Å². The van der Waals surface area contributed by atoms with Crippen LogP contribution in [0.4, 0.5) is 5.69 Å². The van der Waals surface area contributed by atoms with Gasteiger partial charge in [0.05, 0.1) is 13.6 Å². The van der Waals surface area contributed by atoms with E-state index < -0.39 is 4.92 Å². The molecule has 112 valence electrons. The van der Waals surface area contributed by atoms with Crippen molar-refractivity contribution in [1.29, 1.82) is 0 Å². The molecule has 0 atom stereocenters. The number of hydrogen-bond donors (Lipinski definition) is 0. The van der Waals surface area contributed by atoms with E-state index in [-0.39, 0.29) is 12.3 Å². The summed E-state index contributed by atoms with van der Waals surface area (Å²) in [4.78, 5) is 11.0. The second-order valence-electron chi connectivity index (χ2n) is 4.14. The fourth-order valence-corrected chi connectivity index (χ4v) is 2.96. The summed E-state index contributed by atoms with van der Waals surface area (Å²) in [5, 5.41) is 18.4. The fourth-order valence-electron chi connectivity index (χ4n) is 1.65. The van der Waals surface area contributed by atoms with Crippen molar-refractivity contribution in [2.45, 2.75) is 6.61 Å². The number of nitrogens with zero attached hydrogens (tertiary/aromatic N) is 3. The molecule has 2 aromatic heterocycles. The molecule has 0 spiro atoms. The summed E-state index contributed by atoms with van der Waals surface area (Å²) in [6.07, 6.45) is 0. The molecule has 2 heterocycles. The summed E-state index contributed by atoms with van der Waals surface area (Å²) in [7, 11) is 0. The van der Waals surface area contributed by atoms with Crippen molar-refractivity contribution >= 4 is 33.0 Å². The van der Waals surface area contributed by atoms with E-state index in [1.54, 1.807) is 0 Å². The molecule has 22 heavy (non-hydrogen) atoms. The van der Waals surface area contributed by atoms with Crippen molar-refractivity contribution in [2.24, 2.45) is 0 Å². The van der Waals surface area contributed by atoms with Crippen molar-refractivity contribution in [2.75, 3.05) is 0 Å². The van der Waals surface area contributed by atoms with E-state index in [9.17, 15) is 10.1 Å². The summed E-state index contributed by atoms with van der Waals surface area (Å²) >= 11 is 4.86. The van der Waals surface area contributed by atoms with E-state index >= 15 is 0 Å². The van der Waals surface area contributed by atoms with Crippen LogP contribution in [0, 0.1) is 10.1 Å². The van der Waals surface area contributed by atoms with Gasteiger partial charge in [-0.25, -0.2) is 0 Å². The third-order valence-corrected chi connectivity index (χ3v) is 4.27. The second-order valence-corrected chi connectivity index (χ2v) is 6.61. The third kappa shape index (κ3) is 3.31. The van der Waals surface area contributed by atoms with Gasteiger partial charge in [0, 0.05) is 12.1 Å². The molecular formula is C13H8BrN3O4S. The minimum Gasteiger partial charge on any atom is -0.484 e. The first kappa shape index (κ1) is 14.7. The van der Waals surface area contributed by atoms with Gasteiger partial charge in [-0.05, 0) is 40.2 Å². The number of hydrogen-bond acceptors (Lipinski definition) is 7. The van der Waals surface area contributed by atoms with Gasteiger partial charge in [-0.2, -0.15) is 0 Å². The average molecular weight is 382 g/mol. The summed E-state index contributed by atoms with van der Waals surface area (Å²) in [6.45, 7) is 0.0946. The van der Waals surface area contributed by atoms with Crippen LogP contribution in [0.2, 0.25) is 0 Å². The largest absolute Gasteiger partial charge is 0.484 e. The lowest BCUT2D eigenvalue weighted by molar-refractivity contribution is -0.384. The molecular weight excluding hydrogens is 374 g/mol. The number of benzene rings is 1. The summed E-state index contributed by atoms with van der Waals surface area (Å²) in [5.74, 6) is 1.25. The molecule has 7 nitrogen and oxygen atoms in total. The van der Waals surface area contributed by atoms with Crippen LogP contribution in [-0.2, 0) is 6.61 Å². The summed E-state index contributed by atoms with van der Waals surface area (Å²) in [6, 6.07) is 9.56. The highest BCUT2D eigenvalue weighted by molar-refractivity contribution is 9.11. The molecule has 0 fully saturated rings. The molecule has 0 aliphatic carbocycles. The second kappa shape index (κ2) is 6.24. The van der Waals surface area contributed by atoms with Crippen LogP contribution in [0.15, 0.2) is 44.6 Å². The van der Waals surface area contributed by atoms with Crippen LogP contribution in [-0.4, -0.2) is 15.1 Å². The zero-order valence-electron chi connectivity index (χ0n) is 10.9. The van der Waals surface area contributed by atoms with Crippen molar-refractivity contribution in [3.05, 3.63) is 56.2 Å². The molecule has 0 N–H and O–H groups in total. The number of nitro benzene ring substituents is 1. The first-order chi connectivity index (χ1) is 10.6. The Morgan fingerprint density at radius 1 is 1.23 bits per heavy atom. The number of non-ortho nitro benzene ring substituents is 1. The van der Waals surface area contributed by atoms with Crippen molar-refractivity contribution in [1.82, 2.24) is 10.2 Å². The molecule has 9 heteroatoms. The van der Waals surface area contributed by atoms with Gasteiger partial charge >= 0.3 is 0 Å². The normalized spacial score (nSPS) is 10.6. The molecule has 1 aromatic carbocycles. The van der Waals surface area contributed by atoms with E-state index in [2.05, 4.69) is 26.1 Å². The Morgan fingerprint density at radius 3 is 2.64 bits per heavy atom. The quantitative estimate of drug-likeness (QED) is 0.488. The Labute approximate surface area is 136 Å². The Hall–Kier alpha value is -2.26. The zero-order valence-corrected chi connectivity index (χ0v) is 13.3. The Morgan fingerprint density at radius 2 is 2.00 bits per heavy atom. The third-order valence-electron chi connectivity index (χ3n) is 2.66. The first-order valence-electron chi connectivity index (χ1n) is 6.07. The van der Waals surface area contributed by atoms with E-state index in [0.29, 0.717) is 17.5 Å². The van der Waals surface area contributed by atoms with Gasteiger partial charge in [-0.15, -0.1) is 21.5 Å². The first-order valence-corrected chi connectivity index (χ1v) is 7.68. The molecule has 0 unspecified atom stereocenters. The van der Waals surface area contributed by atoms with Crippen molar-refractivity contribution in [3.63, 3.8) is 0 Å². The fraction of sp³-hybridized carbons (Fsp3) is 0.0769. The Bertz CT molecular complexity index is 800. The number of rotatable bonds is 5. The number of thiophene rings is 1. The number of ether oxygens (including phenoxy) is 1. The van der Waals surface area contributed by atoms with Gasteiger partial charge < -0.3 is 9.15 Å². The Balaban J connectivity index is 1.64. The molecule has 0 aliphatic rings. The van der Waals surface area contributed by atoms with E-state index in [0.717, 1.165) is 8.66 Å². The lowest BCUT2D eigenvalue weighted by atomic mass is 10.3. The van der Waals surface area contributed by atoms with Gasteiger partial charge in [0.1, 0.15) is 5.75 Å². The molecule has 0 aliphatic heterocycles. The predicted molar refractivity (Wildman–Crippen MR) is 82.7 cm³/mol. The minimum atomic E-state index is -0.465. The standard InChI is InChI=1S/C13H8BrN3O4S/c14-11-6-5-10(22-11)13-16-15-12(21-13)7-20-9-3-1-8(2-4-9)17(18)19/h1-6H,7H2. The number of nitro groups is 1. The highest BCUT2D eigenvalue weighted by atomic mass is 79.9. The molecule has 3 rings (SSSR count). The average Bonchev–Trinajstić information content (AvgIpc) is 3.14. The van der Waals surface area contributed by atoms with Gasteiger partial charge in [-0.3, -0.25) is 10.1 Å². The summed E-state index contributed by atoms with van der Waals surface area (Å²) < 4.78 is 11.9. The van der Waals surface area contributed by atoms with Gasteiger partial charge in [0.25, 0.3) is 17.5 Å². The van der Waals surface area contributed by atoms with Crippen LogP contribution in [0.25, 0.3) is 10.8 Å². The minimum absolute atomic E-state index is 0.00991. The molecule has 0 radical (unpaired) electrons.